The number of halogens is 1. The molecule has 142 valence electrons. The number of carbonyl (C=O) groups is 2. The lowest BCUT2D eigenvalue weighted by molar-refractivity contribution is -0.139. The van der Waals surface area contributed by atoms with Crippen molar-refractivity contribution in [2.45, 2.75) is 65.4 Å². The summed E-state index contributed by atoms with van der Waals surface area (Å²) in [5.74, 6) is 1.10. The number of carbonyl (C=O) groups excluding carboxylic acids is 2. The second-order valence-corrected chi connectivity index (χ2v) is 8.11. The molecule has 2 heterocycles. The van der Waals surface area contributed by atoms with E-state index in [-0.39, 0.29) is 17.6 Å². The van der Waals surface area contributed by atoms with Crippen LogP contribution in [0, 0.1) is 19.8 Å². The number of amides is 1. The van der Waals surface area contributed by atoms with Gasteiger partial charge in [-0.25, -0.2) is 0 Å². The van der Waals surface area contributed by atoms with Crippen molar-refractivity contribution in [1.29, 1.82) is 0 Å². The predicted molar refractivity (Wildman–Crippen MR) is 103 cm³/mol. The molecular formula is C21H28ClNO3. The molecule has 2 aliphatic heterocycles. The van der Waals surface area contributed by atoms with Crippen molar-refractivity contribution >= 4 is 23.3 Å². The van der Waals surface area contributed by atoms with Gasteiger partial charge in [0.05, 0.1) is 12.0 Å². The van der Waals surface area contributed by atoms with E-state index in [0.29, 0.717) is 48.7 Å². The lowest BCUT2D eigenvalue weighted by Crippen LogP contribution is -2.53. The highest BCUT2D eigenvalue weighted by atomic mass is 35.5. The zero-order valence-corrected chi connectivity index (χ0v) is 16.9. The summed E-state index contributed by atoms with van der Waals surface area (Å²) in [5.41, 5.74) is 1.88. The van der Waals surface area contributed by atoms with Gasteiger partial charge in [0.15, 0.2) is 5.78 Å². The zero-order valence-electron chi connectivity index (χ0n) is 16.2. The summed E-state index contributed by atoms with van der Waals surface area (Å²) in [7, 11) is 0. The first-order chi connectivity index (χ1) is 12.3. The molecule has 5 heteroatoms. The molecule has 4 nitrogen and oxygen atoms in total. The van der Waals surface area contributed by atoms with Crippen LogP contribution in [0.25, 0.3) is 0 Å². The molecule has 1 aromatic rings. The van der Waals surface area contributed by atoms with Gasteiger partial charge in [0.1, 0.15) is 11.4 Å². The molecule has 0 saturated carbocycles. The molecule has 0 aliphatic carbocycles. The van der Waals surface area contributed by atoms with Crippen LogP contribution >= 0.6 is 11.6 Å². The second-order valence-electron chi connectivity index (χ2n) is 7.73. The Morgan fingerprint density at radius 3 is 2.46 bits per heavy atom. The number of aryl methyl sites for hydroxylation is 1. The number of ketones is 1. The molecule has 1 saturated heterocycles. The Kier molecular flexibility index (Phi) is 5.34. The van der Waals surface area contributed by atoms with Crippen LogP contribution in [-0.4, -0.2) is 35.3 Å². The van der Waals surface area contributed by atoms with Crippen LogP contribution in [0.4, 0.5) is 0 Å². The van der Waals surface area contributed by atoms with Gasteiger partial charge in [-0.05, 0) is 43.9 Å². The molecule has 3 rings (SSSR count). The summed E-state index contributed by atoms with van der Waals surface area (Å²) >= 11 is 6.32. The first-order valence-electron chi connectivity index (χ1n) is 9.62. The highest BCUT2D eigenvalue weighted by molar-refractivity contribution is 6.32. The van der Waals surface area contributed by atoms with Crippen molar-refractivity contribution < 1.29 is 14.3 Å². The van der Waals surface area contributed by atoms with E-state index in [1.165, 1.54) is 0 Å². The first-order valence-corrected chi connectivity index (χ1v) is 10.0. The molecule has 2 aliphatic rings. The number of fused-ring (bicyclic) bond motifs is 1. The Morgan fingerprint density at radius 2 is 1.88 bits per heavy atom. The molecule has 26 heavy (non-hydrogen) atoms. The van der Waals surface area contributed by atoms with Gasteiger partial charge in [-0.1, -0.05) is 25.4 Å². The average molecular weight is 378 g/mol. The van der Waals surface area contributed by atoms with Crippen molar-refractivity contribution in [2.24, 2.45) is 5.92 Å². The Balaban J connectivity index is 1.79. The van der Waals surface area contributed by atoms with E-state index in [0.717, 1.165) is 24.0 Å². The number of benzene rings is 1. The molecule has 0 radical (unpaired) electrons. The summed E-state index contributed by atoms with van der Waals surface area (Å²) in [4.78, 5) is 27.4. The minimum atomic E-state index is -0.485. The Labute approximate surface area is 160 Å². The van der Waals surface area contributed by atoms with E-state index in [1.54, 1.807) is 0 Å². The smallest absolute Gasteiger partial charge is 0.225 e. The lowest BCUT2D eigenvalue weighted by atomic mass is 9.81. The minimum Gasteiger partial charge on any atom is -0.486 e. The molecule has 0 N–H and O–H groups in total. The number of hydrogen-bond donors (Lipinski definition) is 0. The number of rotatable bonds is 3. The van der Waals surface area contributed by atoms with Crippen molar-refractivity contribution in [1.82, 2.24) is 4.90 Å². The molecule has 0 aromatic heterocycles. The third kappa shape index (κ3) is 3.24. The molecule has 1 fully saturated rings. The number of piperidine rings is 1. The van der Waals surface area contributed by atoms with E-state index in [4.69, 9.17) is 16.3 Å². The highest BCUT2D eigenvalue weighted by Crippen LogP contribution is 2.43. The maximum atomic E-state index is 12.8. The minimum absolute atomic E-state index is 0.102. The van der Waals surface area contributed by atoms with Gasteiger partial charge in [0.25, 0.3) is 0 Å². The third-order valence-electron chi connectivity index (χ3n) is 6.05. The van der Waals surface area contributed by atoms with Gasteiger partial charge in [0, 0.05) is 36.9 Å². The van der Waals surface area contributed by atoms with E-state index < -0.39 is 5.60 Å². The molecule has 0 unspecified atom stereocenters. The van der Waals surface area contributed by atoms with Gasteiger partial charge in [-0.15, -0.1) is 0 Å². The van der Waals surface area contributed by atoms with Crippen molar-refractivity contribution in [3.05, 3.63) is 27.8 Å². The molecule has 1 amide bonds. The fourth-order valence-electron chi connectivity index (χ4n) is 4.31. The van der Waals surface area contributed by atoms with Crippen LogP contribution in [0.5, 0.6) is 5.75 Å². The number of nitrogens with zero attached hydrogens (tertiary/aromatic N) is 1. The molecule has 0 atom stereocenters. The van der Waals surface area contributed by atoms with Crippen LogP contribution < -0.4 is 4.74 Å². The number of hydrogen-bond acceptors (Lipinski definition) is 3. The Morgan fingerprint density at radius 1 is 1.27 bits per heavy atom. The van der Waals surface area contributed by atoms with Crippen molar-refractivity contribution in [2.75, 3.05) is 13.1 Å². The number of likely N-dealkylation sites (tertiary alicyclic amines) is 1. The summed E-state index contributed by atoms with van der Waals surface area (Å²) in [6.45, 7) is 9.25. The van der Waals surface area contributed by atoms with Crippen molar-refractivity contribution in [3.8, 4) is 5.75 Å². The third-order valence-corrected chi connectivity index (χ3v) is 6.64. The molecular weight excluding hydrogens is 350 g/mol. The zero-order chi connectivity index (χ0) is 19.1. The van der Waals surface area contributed by atoms with Crippen LogP contribution in [0.2, 0.25) is 5.02 Å². The fourth-order valence-corrected chi connectivity index (χ4v) is 4.46. The summed E-state index contributed by atoms with van der Waals surface area (Å²) < 4.78 is 6.37. The molecule has 1 spiro atoms. The van der Waals surface area contributed by atoms with Gasteiger partial charge < -0.3 is 9.64 Å². The van der Waals surface area contributed by atoms with E-state index >= 15 is 0 Å². The summed E-state index contributed by atoms with van der Waals surface area (Å²) in [5, 5.41) is 0.641. The Hall–Kier alpha value is -1.55. The van der Waals surface area contributed by atoms with Gasteiger partial charge in [-0.3, -0.25) is 9.59 Å². The molecule has 1 aromatic carbocycles. The average Bonchev–Trinajstić information content (AvgIpc) is 2.60. The van der Waals surface area contributed by atoms with Crippen LogP contribution in [0.1, 0.15) is 67.4 Å². The van der Waals surface area contributed by atoms with Gasteiger partial charge in [-0.2, -0.15) is 0 Å². The maximum Gasteiger partial charge on any atom is 0.225 e. The Bertz CT molecular complexity index is 731. The van der Waals surface area contributed by atoms with E-state index in [2.05, 4.69) is 13.8 Å². The molecule has 0 bridgehead atoms. The first kappa shape index (κ1) is 19.2. The number of Topliss-reactive ketones (excluding diaryl/α,β-unsaturated/α-hetero) is 1. The highest BCUT2D eigenvalue weighted by Gasteiger charge is 2.44. The fraction of sp³-hybridized carbons (Fsp3) is 0.619. The lowest BCUT2D eigenvalue weighted by Gasteiger charge is -2.44. The quantitative estimate of drug-likeness (QED) is 0.765. The van der Waals surface area contributed by atoms with E-state index in [9.17, 15) is 9.59 Å². The summed E-state index contributed by atoms with van der Waals surface area (Å²) in [6.07, 6.45) is 3.51. The predicted octanol–water partition coefficient (Wildman–Crippen LogP) is 4.72. The number of ether oxygens (including phenoxy) is 1. The van der Waals surface area contributed by atoms with Gasteiger partial charge >= 0.3 is 0 Å². The van der Waals surface area contributed by atoms with E-state index in [1.807, 2.05) is 24.8 Å². The van der Waals surface area contributed by atoms with Crippen LogP contribution in [0.15, 0.2) is 6.07 Å². The largest absolute Gasteiger partial charge is 0.486 e. The van der Waals surface area contributed by atoms with Crippen LogP contribution in [-0.2, 0) is 4.79 Å². The van der Waals surface area contributed by atoms with Crippen molar-refractivity contribution in [3.63, 3.8) is 0 Å². The summed E-state index contributed by atoms with van der Waals surface area (Å²) in [6, 6.07) is 1.88. The maximum absolute atomic E-state index is 12.8. The normalized spacial score (nSPS) is 18.8. The monoisotopic (exact) mass is 377 g/mol. The van der Waals surface area contributed by atoms with Gasteiger partial charge in [0.2, 0.25) is 5.91 Å². The van der Waals surface area contributed by atoms with Crippen LogP contribution in [0.3, 0.4) is 0 Å². The second kappa shape index (κ2) is 7.22. The SMILES string of the molecule is CCC(CC)C(=O)N1CCC2(CC1)CC(=O)c1c(cc(C)c(Cl)c1C)O2. The topological polar surface area (TPSA) is 46.6 Å². The standard InChI is InChI=1S/C21H28ClNO3/c1-5-15(6-2)20(25)23-9-7-21(8-10-23)12-16(24)18-14(4)19(22)13(3)11-17(18)26-21/h11,15H,5-10,12H2,1-4H3.